The molecule has 4 aliphatic rings. The van der Waals surface area contributed by atoms with Crippen molar-refractivity contribution in [3.8, 4) is 6.07 Å². The summed E-state index contributed by atoms with van der Waals surface area (Å²) in [5.74, 6) is 5.67. The minimum absolute atomic E-state index is 0.207. The van der Waals surface area contributed by atoms with Crippen molar-refractivity contribution in [1.82, 2.24) is 9.78 Å². The summed E-state index contributed by atoms with van der Waals surface area (Å²) < 4.78 is 1.75. The number of fused-ring (bicyclic) bond motifs is 5. The van der Waals surface area contributed by atoms with E-state index in [1.807, 2.05) is 6.92 Å². The van der Waals surface area contributed by atoms with E-state index in [4.69, 9.17) is 5.26 Å². The summed E-state index contributed by atoms with van der Waals surface area (Å²) in [5, 5.41) is 24.0. The molecule has 33 heavy (non-hydrogen) atoms. The van der Waals surface area contributed by atoms with Gasteiger partial charge in [-0.15, -0.1) is 0 Å². The van der Waals surface area contributed by atoms with Crippen LogP contribution in [-0.4, -0.2) is 26.3 Å². The van der Waals surface area contributed by atoms with E-state index in [0.29, 0.717) is 42.1 Å². The van der Waals surface area contributed by atoms with E-state index in [-0.39, 0.29) is 5.92 Å². The number of rotatable bonds is 4. The zero-order valence-electron chi connectivity index (χ0n) is 20.5. The van der Waals surface area contributed by atoms with Crippen LogP contribution in [0.4, 0.5) is 0 Å². The number of aryl methyl sites for hydroxylation is 1. The molecule has 9 atom stereocenters. The van der Waals surface area contributed by atoms with E-state index in [2.05, 4.69) is 18.1 Å². The van der Waals surface area contributed by atoms with Crippen LogP contribution in [0.15, 0.2) is 12.4 Å². The SMILES string of the molecule is CC1C[C@H]2[C@@H](CC[C@@H]3CC[C@](C)(O)CC[C@@H]32)[C@@H]2CCC[C@H](C(=O)CCn3cc(C#N)cn3)[C@@H]12. The van der Waals surface area contributed by atoms with Gasteiger partial charge < -0.3 is 5.11 Å². The Balaban J connectivity index is 1.28. The predicted octanol–water partition coefficient (Wildman–Crippen LogP) is 5.37. The molecular weight excluding hydrogens is 410 g/mol. The first kappa shape index (κ1) is 23.1. The Morgan fingerprint density at radius 1 is 1.15 bits per heavy atom. The number of nitrogens with zero attached hydrogens (tertiary/aromatic N) is 3. The summed E-state index contributed by atoms with van der Waals surface area (Å²) in [6, 6.07) is 2.11. The van der Waals surface area contributed by atoms with Gasteiger partial charge >= 0.3 is 0 Å². The van der Waals surface area contributed by atoms with Gasteiger partial charge in [-0.3, -0.25) is 9.48 Å². The first-order valence-electron chi connectivity index (χ1n) is 13.5. The molecule has 0 radical (unpaired) electrons. The summed E-state index contributed by atoms with van der Waals surface area (Å²) >= 11 is 0. The molecule has 1 N–H and O–H groups in total. The molecule has 0 saturated heterocycles. The Morgan fingerprint density at radius 3 is 2.76 bits per heavy atom. The summed E-state index contributed by atoms with van der Waals surface area (Å²) in [6.45, 7) is 5.06. The van der Waals surface area contributed by atoms with Crippen LogP contribution in [0.5, 0.6) is 0 Å². The van der Waals surface area contributed by atoms with Gasteiger partial charge in [-0.05, 0) is 106 Å². The second-order valence-electron chi connectivity index (χ2n) is 12.2. The zero-order valence-corrected chi connectivity index (χ0v) is 20.5. The molecule has 1 aromatic rings. The zero-order chi connectivity index (χ0) is 23.2. The normalized spacial score (nSPS) is 42.8. The Kier molecular flexibility index (Phi) is 6.42. The molecule has 4 fully saturated rings. The highest BCUT2D eigenvalue weighted by Gasteiger charge is 2.53. The third kappa shape index (κ3) is 4.53. The molecule has 1 aromatic heterocycles. The van der Waals surface area contributed by atoms with Crippen LogP contribution in [0, 0.1) is 58.7 Å². The highest BCUT2D eigenvalue weighted by molar-refractivity contribution is 5.81. The number of nitriles is 1. The molecule has 1 heterocycles. The summed E-state index contributed by atoms with van der Waals surface area (Å²) in [4.78, 5) is 13.4. The van der Waals surface area contributed by atoms with E-state index in [1.54, 1.807) is 17.1 Å². The largest absolute Gasteiger partial charge is 0.390 e. The lowest BCUT2D eigenvalue weighted by molar-refractivity contribution is -0.134. The number of carbonyl (C=O) groups excluding carboxylic acids is 1. The van der Waals surface area contributed by atoms with E-state index >= 15 is 0 Å². The van der Waals surface area contributed by atoms with Gasteiger partial charge in [-0.25, -0.2) is 0 Å². The Bertz CT molecular complexity index is 899. The van der Waals surface area contributed by atoms with Crippen LogP contribution < -0.4 is 0 Å². The quantitative estimate of drug-likeness (QED) is 0.667. The average Bonchev–Trinajstić information content (AvgIpc) is 3.21. The fraction of sp³-hybridized carbons (Fsp3) is 0.821. The standard InChI is InChI=1S/C28H41N3O2/c1-18-14-25-21-9-12-28(2,33)11-8-20(21)6-7-22(25)23-4-3-5-24(27(18)23)26(32)10-13-31-17-19(15-29)16-30-31/h16-18,20-25,27,33H,3-14H2,1-2H3/t18?,20-,21+,22+,23+,24-,25-,27+,28+/m1/s1. The third-order valence-corrected chi connectivity index (χ3v) is 10.3. The van der Waals surface area contributed by atoms with Gasteiger partial charge in [-0.2, -0.15) is 10.4 Å². The maximum Gasteiger partial charge on any atom is 0.138 e. The maximum atomic E-state index is 13.4. The summed E-state index contributed by atoms with van der Waals surface area (Å²) in [7, 11) is 0. The molecule has 4 saturated carbocycles. The molecule has 0 aliphatic heterocycles. The van der Waals surface area contributed by atoms with Gasteiger partial charge in [0.05, 0.1) is 17.4 Å². The van der Waals surface area contributed by atoms with Gasteiger partial charge in [0, 0.05) is 25.1 Å². The molecule has 5 heteroatoms. The third-order valence-electron chi connectivity index (χ3n) is 10.3. The molecule has 5 rings (SSSR count). The monoisotopic (exact) mass is 451 g/mol. The second kappa shape index (κ2) is 9.17. The van der Waals surface area contributed by atoms with Gasteiger partial charge in [0.15, 0.2) is 0 Å². The molecule has 1 unspecified atom stereocenters. The van der Waals surface area contributed by atoms with Gasteiger partial charge in [-0.1, -0.05) is 13.3 Å². The van der Waals surface area contributed by atoms with Gasteiger partial charge in [0.25, 0.3) is 0 Å². The van der Waals surface area contributed by atoms with Crippen molar-refractivity contribution < 1.29 is 9.90 Å². The van der Waals surface area contributed by atoms with Crippen LogP contribution in [-0.2, 0) is 11.3 Å². The topological polar surface area (TPSA) is 78.9 Å². The van der Waals surface area contributed by atoms with E-state index < -0.39 is 5.60 Å². The Hall–Kier alpha value is -1.67. The lowest BCUT2D eigenvalue weighted by atomic mass is 9.48. The molecule has 5 nitrogen and oxygen atoms in total. The summed E-state index contributed by atoms with van der Waals surface area (Å²) in [5.41, 5.74) is 0.0865. The fourth-order valence-electron chi connectivity index (χ4n) is 8.78. The fourth-order valence-corrected chi connectivity index (χ4v) is 8.78. The first-order chi connectivity index (χ1) is 15.9. The van der Waals surface area contributed by atoms with E-state index in [9.17, 15) is 9.90 Å². The van der Waals surface area contributed by atoms with Crippen molar-refractivity contribution in [2.75, 3.05) is 0 Å². The molecule has 4 aliphatic carbocycles. The molecule has 0 spiro atoms. The molecule has 180 valence electrons. The molecule has 0 bridgehead atoms. The summed E-state index contributed by atoms with van der Waals surface area (Å²) in [6.07, 6.45) is 15.7. The van der Waals surface area contributed by atoms with Crippen molar-refractivity contribution in [1.29, 1.82) is 5.26 Å². The van der Waals surface area contributed by atoms with Crippen LogP contribution >= 0.6 is 0 Å². The lowest BCUT2D eigenvalue weighted by Gasteiger charge is -2.56. The average molecular weight is 452 g/mol. The van der Waals surface area contributed by atoms with Gasteiger partial charge in [0.1, 0.15) is 11.9 Å². The number of ketones is 1. The number of hydrogen-bond acceptors (Lipinski definition) is 4. The second-order valence-corrected chi connectivity index (χ2v) is 12.2. The van der Waals surface area contributed by atoms with Crippen molar-refractivity contribution >= 4 is 5.78 Å². The highest BCUT2D eigenvalue weighted by atomic mass is 16.3. The number of aliphatic hydroxyl groups is 1. The van der Waals surface area contributed by atoms with Crippen LogP contribution in [0.25, 0.3) is 0 Å². The predicted molar refractivity (Wildman–Crippen MR) is 127 cm³/mol. The van der Waals surface area contributed by atoms with Crippen LogP contribution in [0.1, 0.15) is 90.0 Å². The molecule has 0 amide bonds. The Labute approximate surface area is 198 Å². The lowest BCUT2D eigenvalue weighted by Crippen LogP contribution is -2.51. The van der Waals surface area contributed by atoms with Crippen LogP contribution in [0.2, 0.25) is 0 Å². The number of Topliss-reactive ketones (excluding diaryl/α,β-unsaturated/α-hetero) is 1. The minimum Gasteiger partial charge on any atom is -0.390 e. The first-order valence-corrected chi connectivity index (χ1v) is 13.5. The van der Waals surface area contributed by atoms with E-state index in [1.165, 1.54) is 44.9 Å². The molecule has 0 aromatic carbocycles. The maximum absolute atomic E-state index is 13.4. The molecular formula is C28H41N3O2. The number of carbonyl (C=O) groups is 1. The van der Waals surface area contributed by atoms with Crippen molar-refractivity contribution in [2.24, 2.45) is 47.3 Å². The van der Waals surface area contributed by atoms with Crippen molar-refractivity contribution in [2.45, 2.75) is 96.6 Å². The van der Waals surface area contributed by atoms with Gasteiger partial charge in [0.2, 0.25) is 0 Å². The Morgan fingerprint density at radius 2 is 1.97 bits per heavy atom. The number of aromatic nitrogens is 2. The number of hydrogen-bond donors (Lipinski definition) is 1. The van der Waals surface area contributed by atoms with Crippen molar-refractivity contribution in [3.05, 3.63) is 18.0 Å². The van der Waals surface area contributed by atoms with Crippen LogP contribution in [0.3, 0.4) is 0 Å². The van der Waals surface area contributed by atoms with E-state index in [0.717, 1.165) is 42.9 Å². The smallest absolute Gasteiger partial charge is 0.138 e. The minimum atomic E-state index is -0.472. The highest BCUT2D eigenvalue weighted by Crippen LogP contribution is 2.59. The van der Waals surface area contributed by atoms with Crippen molar-refractivity contribution in [3.63, 3.8) is 0 Å².